The Morgan fingerprint density at radius 3 is 2.86 bits per heavy atom. The molecule has 0 aromatic heterocycles. The van der Waals surface area contributed by atoms with Gasteiger partial charge in [-0.3, -0.25) is 4.79 Å². The number of carbonyl (C=O) groups excluding carboxylic acids is 1. The second kappa shape index (κ2) is 5.30. The molecular formula is C16H21FN2O2. The first-order chi connectivity index (χ1) is 9.97. The van der Waals surface area contributed by atoms with Gasteiger partial charge in [0, 0.05) is 43.3 Å². The van der Waals surface area contributed by atoms with Crippen molar-refractivity contribution in [2.75, 3.05) is 24.5 Å². The van der Waals surface area contributed by atoms with Crippen LogP contribution in [-0.2, 0) is 4.79 Å². The third kappa shape index (κ3) is 2.50. The molecule has 1 amide bonds. The van der Waals surface area contributed by atoms with E-state index >= 15 is 0 Å². The van der Waals surface area contributed by atoms with Gasteiger partial charge < -0.3 is 14.9 Å². The fourth-order valence-corrected chi connectivity index (χ4v) is 3.37. The van der Waals surface area contributed by atoms with Crippen LogP contribution in [0.3, 0.4) is 0 Å². The van der Waals surface area contributed by atoms with Crippen LogP contribution in [0.15, 0.2) is 12.1 Å². The van der Waals surface area contributed by atoms with Gasteiger partial charge in [-0.05, 0) is 38.0 Å². The highest BCUT2D eigenvalue weighted by atomic mass is 19.1. The van der Waals surface area contributed by atoms with Crippen LogP contribution < -0.4 is 4.90 Å². The second-order valence-corrected chi connectivity index (χ2v) is 6.06. The number of rotatable bonds is 2. The summed E-state index contributed by atoms with van der Waals surface area (Å²) < 4.78 is 13.8. The van der Waals surface area contributed by atoms with Gasteiger partial charge in [0.2, 0.25) is 5.91 Å². The van der Waals surface area contributed by atoms with E-state index in [2.05, 4.69) is 4.90 Å². The van der Waals surface area contributed by atoms with E-state index in [1.54, 1.807) is 13.8 Å². The topological polar surface area (TPSA) is 43.8 Å². The summed E-state index contributed by atoms with van der Waals surface area (Å²) in [7, 11) is 0. The van der Waals surface area contributed by atoms with Crippen LogP contribution in [0.2, 0.25) is 0 Å². The summed E-state index contributed by atoms with van der Waals surface area (Å²) >= 11 is 0. The van der Waals surface area contributed by atoms with Crippen molar-refractivity contribution in [1.29, 1.82) is 0 Å². The molecule has 0 radical (unpaired) electrons. The predicted octanol–water partition coefficient (Wildman–Crippen LogP) is 2.00. The Bertz CT molecular complexity index is 574. The molecule has 2 fully saturated rings. The monoisotopic (exact) mass is 292 g/mol. The minimum atomic E-state index is -0.710. The number of aliphatic hydroxyl groups excluding tert-OH is 1. The van der Waals surface area contributed by atoms with Crippen molar-refractivity contribution >= 4 is 11.6 Å². The highest BCUT2D eigenvalue weighted by molar-refractivity contribution is 5.79. The van der Waals surface area contributed by atoms with E-state index in [4.69, 9.17) is 0 Å². The Kier molecular flexibility index (Phi) is 3.61. The number of aliphatic hydroxyl groups is 1. The molecule has 2 atom stereocenters. The van der Waals surface area contributed by atoms with E-state index in [-0.39, 0.29) is 17.8 Å². The standard InChI is InChI=1S/C16H21FN2O2/c1-10-7-15(13(11(2)20)8-14(10)17)18-5-6-19-12(9-18)3-4-16(19)21/h7-8,11-12,20H,3-6,9H2,1-2H3/t11-,12?/m1/s1. The molecule has 1 unspecified atom stereocenters. The molecular weight excluding hydrogens is 271 g/mol. The zero-order valence-corrected chi connectivity index (χ0v) is 12.5. The highest BCUT2D eigenvalue weighted by Gasteiger charge is 2.36. The van der Waals surface area contributed by atoms with Crippen LogP contribution in [0.1, 0.15) is 37.0 Å². The van der Waals surface area contributed by atoms with Crippen molar-refractivity contribution in [1.82, 2.24) is 4.90 Å². The van der Waals surface area contributed by atoms with Gasteiger partial charge in [-0.25, -0.2) is 4.39 Å². The minimum Gasteiger partial charge on any atom is -0.389 e. The molecule has 2 aliphatic rings. The van der Waals surface area contributed by atoms with Gasteiger partial charge in [0.05, 0.1) is 6.10 Å². The third-order valence-electron chi connectivity index (χ3n) is 4.59. The summed E-state index contributed by atoms with van der Waals surface area (Å²) in [6, 6.07) is 3.49. The lowest BCUT2D eigenvalue weighted by molar-refractivity contribution is -0.129. The average Bonchev–Trinajstić information content (AvgIpc) is 2.82. The maximum Gasteiger partial charge on any atom is 0.223 e. The van der Waals surface area contributed by atoms with Crippen molar-refractivity contribution < 1.29 is 14.3 Å². The number of piperazine rings is 1. The Morgan fingerprint density at radius 2 is 2.14 bits per heavy atom. The van der Waals surface area contributed by atoms with Crippen molar-refractivity contribution in [3.05, 3.63) is 29.1 Å². The van der Waals surface area contributed by atoms with Crippen LogP contribution in [0.5, 0.6) is 0 Å². The van der Waals surface area contributed by atoms with E-state index < -0.39 is 6.10 Å². The molecule has 0 spiro atoms. The lowest BCUT2D eigenvalue weighted by Crippen LogP contribution is -2.51. The normalized spacial score (nSPS) is 23.4. The van der Waals surface area contributed by atoms with Crippen molar-refractivity contribution in [3.8, 4) is 0 Å². The van der Waals surface area contributed by atoms with Crippen molar-refractivity contribution in [2.45, 2.75) is 38.8 Å². The minimum absolute atomic E-state index is 0.241. The van der Waals surface area contributed by atoms with Crippen LogP contribution in [0, 0.1) is 12.7 Å². The number of hydrogen-bond acceptors (Lipinski definition) is 3. The highest BCUT2D eigenvalue weighted by Crippen LogP contribution is 2.32. The van der Waals surface area contributed by atoms with E-state index in [9.17, 15) is 14.3 Å². The van der Waals surface area contributed by atoms with Gasteiger partial charge in [0.15, 0.2) is 0 Å². The van der Waals surface area contributed by atoms with Crippen LogP contribution in [-0.4, -0.2) is 41.6 Å². The first-order valence-electron chi connectivity index (χ1n) is 7.50. The molecule has 21 heavy (non-hydrogen) atoms. The fraction of sp³-hybridized carbons (Fsp3) is 0.562. The van der Waals surface area contributed by atoms with E-state index in [0.717, 1.165) is 25.2 Å². The lowest BCUT2D eigenvalue weighted by atomic mass is 10.0. The quantitative estimate of drug-likeness (QED) is 0.906. The predicted molar refractivity (Wildman–Crippen MR) is 78.7 cm³/mol. The Morgan fingerprint density at radius 1 is 1.38 bits per heavy atom. The van der Waals surface area contributed by atoms with Crippen LogP contribution in [0.25, 0.3) is 0 Å². The number of fused-ring (bicyclic) bond motifs is 1. The lowest BCUT2D eigenvalue weighted by Gasteiger charge is -2.40. The largest absolute Gasteiger partial charge is 0.389 e. The van der Waals surface area contributed by atoms with Gasteiger partial charge in [-0.1, -0.05) is 0 Å². The molecule has 1 aromatic rings. The molecule has 0 saturated carbocycles. The molecule has 114 valence electrons. The average molecular weight is 292 g/mol. The second-order valence-electron chi connectivity index (χ2n) is 6.06. The number of hydrogen-bond donors (Lipinski definition) is 1. The molecule has 4 nitrogen and oxygen atoms in total. The molecule has 2 saturated heterocycles. The zero-order valence-electron chi connectivity index (χ0n) is 12.5. The number of halogens is 1. The van der Waals surface area contributed by atoms with E-state index in [1.165, 1.54) is 6.07 Å². The molecule has 3 rings (SSSR count). The Balaban J connectivity index is 1.90. The number of amides is 1. The number of nitrogens with zero attached hydrogens (tertiary/aromatic N) is 2. The van der Waals surface area contributed by atoms with Gasteiger partial charge in [-0.2, -0.15) is 0 Å². The summed E-state index contributed by atoms with van der Waals surface area (Å²) in [6.07, 6.45) is 0.808. The Hall–Kier alpha value is -1.62. The molecule has 2 heterocycles. The van der Waals surface area contributed by atoms with Crippen LogP contribution in [0.4, 0.5) is 10.1 Å². The maximum absolute atomic E-state index is 13.8. The maximum atomic E-state index is 13.8. The first kappa shape index (κ1) is 14.3. The number of anilines is 1. The third-order valence-corrected chi connectivity index (χ3v) is 4.59. The first-order valence-corrected chi connectivity index (χ1v) is 7.50. The SMILES string of the molecule is Cc1cc(N2CCN3C(=O)CCC3C2)c([C@@H](C)O)cc1F. The van der Waals surface area contributed by atoms with Gasteiger partial charge in [0.25, 0.3) is 0 Å². The number of aryl methyl sites for hydroxylation is 1. The summed E-state index contributed by atoms with van der Waals surface area (Å²) in [6.45, 7) is 5.59. The summed E-state index contributed by atoms with van der Waals surface area (Å²) in [4.78, 5) is 15.9. The van der Waals surface area contributed by atoms with Gasteiger partial charge >= 0.3 is 0 Å². The van der Waals surface area contributed by atoms with E-state index in [1.807, 2.05) is 11.0 Å². The number of carbonyl (C=O) groups is 1. The van der Waals surface area contributed by atoms with Crippen LogP contribution >= 0.6 is 0 Å². The molecule has 2 aliphatic heterocycles. The summed E-state index contributed by atoms with van der Waals surface area (Å²) in [5, 5.41) is 9.92. The molecule has 5 heteroatoms. The van der Waals surface area contributed by atoms with E-state index in [0.29, 0.717) is 24.1 Å². The number of benzene rings is 1. The summed E-state index contributed by atoms with van der Waals surface area (Å²) in [5.74, 6) is -0.0463. The molecule has 0 bridgehead atoms. The van der Waals surface area contributed by atoms with Crippen molar-refractivity contribution in [3.63, 3.8) is 0 Å². The summed E-state index contributed by atoms with van der Waals surface area (Å²) in [5.41, 5.74) is 2.10. The molecule has 1 aromatic carbocycles. The smallest absolute Gasteiger partial charge is 0.223 e. The van der Waals surface area contributed by atoms with Gasteiger partial charge in [-0.15, -0.1) is 0 Å². The zero-order chi connectivity index (χ0) is 15.1. The molecule has 1 N–H and O–H groups in total. The van der Waals surface area contributed by atoms with Crippen molar-refractivity contribution in [2.24, 2.45) is 0 Å². The Labute approximate surface area is 124 Å². The van der Waals surface area contributed by atoms with Gasteiger partial charge in [0.1, 0.15) is 5.82 Å². The fourth-order valence-electron chi connectivity index (χ4n) is 3.37. The molecule has 0 aliphatic carbocycles.